The molecule has 0 saturated carbocycles. The highest BCUT2D eigenvalue weighted by molar-refractivity contribution is 5.28. The largest absolute Gasteiger partial charge is 0.389 e. The van der Waals surface area contributed by atoms with E-state index in [4.69, 9.17) is 0 Å². The molecule has 1 N–H and O–H groups in total. The van der Waals surface area contributed by atoms with Crippen molar-refractivity contribution in [1.29, 1.82) is 0 Å². The first-order valence-electron chi connectivity index (χ1n) is 4.38. The molecule has 0 radical (unpaired) electrons. The minimum atomic E-state index is -1.34. The second-order valence-electron chi connectivity index (χ2n) is 3.77. The molecule has 2 heteroatoms. The van der Waals surface area contributed by atoms with E-state index < -0.39 is 11.8 Å². The zero-order valence-electron chi connectivity index (χ0n) is 8.21. The van der Waals surface area contributed by atoms with Gasteiger partial charge in [0.05, 0.1) is 6.10 Å². The molecule has 0 fully saturated rings. The van der Waals surface area contributed by atoms with E-state index >= 15 is 0 Å². The molecule has 0 heterocycles. The summed E-state index contributed by atoms with van der Waals surface area (Å²) >= 11 is 0. The van der Waals surface area contributed by atoms with Crippen molar-refractivity contribution in [3.05, 3.63) is 35.4 Å². The molecule has 1 aromatic carbocycles. The summed E-state index contributed by atoms with van der Waals surface area (Å²) in [5, 5.41) is 9.29. The van der Waals surface area contributed by atoms with Crippen LogP contribution in [0.3, 0.4) is 0 Å². The third kappa shape index (κ3) is 2.52. The van der Waals surface area contributed by atoms with Gasteiger partial charge in [-0.25, -0.2) is 4.39 Å². The summed E-state index contributed by atoms with van der Waals surface area (Å²) in [7, 11) is 0. The molecule has 1 nitrogen and oxygen atoms in total. The Morgan fingerprint density at radius 3 is 2.46 bits per heavy atom. The number of halogens is 1. The van der Waals surface area contributed by atoms with Gasteiger partial charge in [0, 0.05) is 0 Å². The summed E-state index contributed by atoms with van der Waals surface area (Å²) in [5.74, 6) is 0. The Balaban J connectivity index is 3.06. The molecule has 0 aliphatic heterocycles. The number of aliphatic hydroxyl groups excluding tert-OH is 1. The molecule has 0 amide bonds. The predicted octanol–water partition coefficient (Wildman–Crippen LogP) is 2.94. The number of hydrogen-bond acceptors (Lipinski definition) is 1. The van der Waals surface area contributed by atoms with E-state index in [-0.39, 0.29) is 0 Å². The van der Waals surface area contributed by atoms with Crippen LogP contribution in [0.5, 0.6) is 0 Å². The Bertz CT molecular complexity index is 286. The summed E-state index contributed by atoms with van der Waals surface area (Å²) in [6, 6.07) is 6.98. The van der Waals surface area contributed by atoms with Crippen LogP contribution in [0, 0.1) is 0 Å². The van der Waals surface area contributed by atoms with E-state index in [1.165, 1.54) is 13.8 Å². The first-order valence-corrected chi connectivity index (χ1v) is 4.38. The minimum Gasteiger partial charge on any atom is -0.389 e. The van der Waals surface area contributed by atoms with Gasteiger partial charge in [-0.2, -0.15) is 0 Å². The van der Waals surface area contributed by atoms with Crippen molar-refractivity contribution >= 4 is 0 Å². The molecule has 0 aliphatic rings. The highest BCUT2D eigenvalue weighted by Gasteiger charge is 2.18. The van der Waals surface area contributed by atoms with E-state index in [1.807, 2.05) is 0 Å². The third-order valence-electron chi connectivity index (χ3n) is 2.06. The fourth-order valence-corrected chi connectivity index (χ4v) is 1.17. The Morgan fingerprint density at radius 2 is 2.00 bits per heavy atom. The normalized spacial score (nSPS) is 14.2. The van der Waals surface area contributed by atoms with Crippen molar-refractivity contribution in [1.82, 2.24) is 0 Å². The summed E-state index contributed by atoms with van der Waals surface area (Å²) in [5.41, 5.74) is 0.0133. The standard InChI is InChI=1S/C11H15FO/c1-8(13)9-5-4-6-10(7-9)11(2,3)12/h4-8,13H,1-3H3. The number of hydrogen-bond donors (Lipinski definition) is 1. The molecule has 0 aliphatic carbocycles. The summed E-state index contributed by atoms with van der Waals surface area (Å²) < 4.78 is 13.5. The van der Waals surface area contributed by atoms with Crippen molar-refractivity contribution in [2.24, 2.45) is 0 Å². The van der Waals surface area contributed by atoms with Crippen LogP contribution in [0.4, 0.5) is 4.39 Å². The fraction of sp³-hybridized carbons (Fsp3) is 0.455. The lowest BCUT2D eigenvalue weighted by molar-refractivity contribution is 0.197. The van der Waals surface area contributed by atoms with Crippen LogP contribution >= 0.6 is 0 Å². The predicted molar refractivity (Wildman–Crippen MR) is 51.2 cm³/mol. The molecule has 0 bridgehead atoms. The maximum Gasteiger partial charge on any atom is 0.130 e. The SMILES string of the molecule is CC(O)c1cccc(C(C)(C)F)c1. The topological polar surface area (TPSA) is 20.2 Å². The summed E-state index contributed by atoms with van der Waals surface area (Å²) in [4.78, 5) is 0. The van der Waals surface area contributed by atoms with Crippen molar-refractivity contribution in [2.75, 3.05) is 0 Å². The summed E-state index contributed by atoms with van der Waals surface area (Å²) in [6.07, 6.45) is -0.540. The molecule has 1 aromatic rings. The van der Waals surface area contributed by atoms with Crippen LogP contribution in [-0.4, -0.2) is 5.11 Å². The molecule has 0 saturated heterocycles. The van der Waals surface area contributed by atoms with Crippen LogP contribution in [-0.2, 0) is 5.67 Å². The maximum absolute atomic E-state index is 13.5. The van der Waals surface area contributed by atoms with Gasteiger partial charge in [0.25, 0.3) is 0 Å². The van der Waals surface area contributed by atoms with Crippen molar-refractivity contribution in [2.45, 2.75) is 32.5 Å². The molecule has 0 aromatic heterocycles. The van der Waals surface area contributed by atoms with Gasteiger partial charge in [-0.3, -0.25) is 0 Å². The van der Waals surface area contributed by atoms with Gasteiger partial charge >= 0.3 is 0 Å². The second-order valence-corrected chi connectivity index (χ2v) is 3.77. The fourth-order valence-electron chi connectivity index (χ4n) is 1.17. The average Bonchev–Trinajstić information content (AvgIpc) is 2.03. The van der Waals surface area contributed by atoms with Gasteiger partial charge in [-0.15, -0.1) is 0 Å². The van der Waals surface area contributed by atoms with Crippen molar-refractivity contribution in [3.63, 3.8) is 0 Å². The Hall–Kier alpha value is -0.890. The van der Waals surface area contributed by atoms with E-state index in [9.17, 15) is 9.50 Å². The van der Waals surface area contributed by atoms with Crippen molar-refractivity contribution < 1.29 is 9.50 Å². The molecule has 1 rings (SSSR count). The van der Waals surface area contributed by atoms with E-state index in [0.717, 1.165) is 5.56 Å². The first kappa shape index (κ1) is 10.2. The highest BCUT2D eigenvalue weighted by Crippen LogP contribution is 2.26. The van der Waals surface area contributed by atoms with Crippen LogP contribution in [0.25, 0.3) is 0 Å². The molecule has 1 unspecified atom stereocenters. The third-order valence-corrected chi connectivity index (χ3v) is 2.06. The molecular formula is C11H15FO. The molecule has 13 heavy (non-hydrogen) atoms. The number of aliphatic hydroxyl groups is 1. The average molecular weight is 182 g/mol. The second kappa shape index (κ2) is 3.46. The Morgan fingerprint density at radius 1 is 1.38 bits per heavy atom. The molecule has 0 spiro atoms. The Kier molecular flexibility index (Phi) is 2.71. The van der Waals surface area contributed by atoms with Gasteiger partial charge in [0.1, 0.15) is 5.67 Å². The van der Waals surface area contributed by atoms with Gasteiger partial charge in [0.2, 0.25) is 0 Å². The van der Waals surface area contributed by atoms with Crippen LogP contribution in [0.15, 0.2) is 24.3 Å². The lowest BCUT2D eigenvalue weighted by atomic mass is 9.97. The molecule has 1 atom stereocenters. The minimum absolute atomic E-state index is 0.540. The summed E-state index contributed by atoms with van der Waals surface area (Å²) in [6.45, 7) is 4.69. The van der Waals surface area contributed by atoms with E-state index in [1.54, 1.807) is 31.2 Å². The van der Waals surface area contributed by atoms with Gasteiger partial charge in [-0.05, 0) is 31.9 Å². The smallest absolute Gasteiger partial charge is 0.130 e. The van der Waals surface area contributed by atoms with Crippen molar-refractivity contribution in [3.8, 4) is 0 Å². The van der Waals surface area contributed by atoms with Crippen LogP contribution < -0.4 is 0 Å². The zero-order valence-corrected chi connectivity index (χ0v) is 8.21. The first-order chi connectivity index (χ1) is 5.91. The van der Waals surface area contributed by atoms with E-state index in [2.05, 4.69) is 0 Å². The number of alkyl halides is 1. The van der Waals surface area contributed by atoms with Gasteiger partial charge < -0.3 is 5.11 Å². The van der Waals surface area contributed by atoms with Crippen LogP contribution in [0.1, 0.15) is 38.0 Å². The molecule has 72 valence electrons. The molecular weight excluding hydrogens is 167 g/mol. The number of rotatable bonds is 2. The monoisotopic (exact) mass is 182 g/mol. The lowest BCUT2D eigenvalue weighted by Gasteiger charge is -2.16. The maximum atomic E-state index is 13.5. The van der Waals surface area contributed by atoms with Gasteiger partial charge in [-0.1, -0.05) is 24.3 Å². The lowest BCUT2D eigenvalue weighted by Crippen LogP contribution is -2.09. The van der Waals surface area contributed by atoms with Crippen LogP contribution in [0.2, 0.25) is 0 Å². The quantitative estimate of drug-likeness (QED) is 0.745. The number of benzene rings is 1. The zero-order chi connectivity index (χ0) is 10.1. The highest BCUT2D eigenvalue weighted by atomic mass is 19.1. The van der Waals surface area contributed by atoms with Gasteiger partial charge in [0.15, 0.2) is 0 Å². The Labute approximate surface area is 78.2 Å². The van der Waals surface area contributed by atoms with E-state index in [0.29, 0.717) is 5.56 Å².